The van der Waals surface area contributed by atoms with Crippen molar-refractivity contribution in [2.24, 2.45) is 17.3 Å². The lowest BCUT2D eigenvalue weighted by molar-refractivity contribution is -0.139. The molecule has 0 aliphatic heterocycles. The van der Waals surface area contributed by atoms with E-state index >= 15 is 0 Å². The molecule has 2 heteroatoms. The second-order valence-corrected chi connectivity index (χ2v) is 5.88. The number of esters is 1. The van der Waals surface area contributed by atoms with Gasteiger partial charge < -0.3 is 4.74 Å². The van der Waals surface area contributed by atoms with Gasteiger partial charge in [-0.1, -0.05) is 31.6 Å². The average molecular weight is 234 g/mol. The summed E-state index contributed by atoms with van der Waals surface area (Å²) >= 11 is 0. The molecule has 0 fully saturated rings. The molecule has 0 amide bonds. The number of allylic oxidation sites excluding steroid dienone is 3. The van der Waals surface area contributed by atoms with E-state index in [2.05, 4.69) is 32.9 Å². The molecule has 2 nitrogen and oxygen atoms in total. The first-order chi connectivity index (χ1) is 7.95. The predicted molar refractivity (Wildman–Crippen MR) is 68.5 cm³/mol. The molecule has 2 bridgehead atoms. The molecule has 0 aromatic carbocycles. The summed E-state index contributed by atoms with van der Waals surface area (Å²) in [5, 5.41) is 0. The Morgan fingerprint density at radius 3 is 2.88 bits per heavy atom. The summed E-state index contributed by atoms with van der Waals surface area (Å²) in [7, 11) is 0. The van der Waals surface area contributed by atoms with Gasteiger partial charge in [-0.25, -0.2) is 4.79 Å². The van der Waals surface area contributed by atoms with Crippen molar-refractivity contribution in [2.45, 2.75) is 40.5 Å². The monoisotopic (exact) mass is 234 g/mol. The van der Waals surface area contributed by atoms with Crippen LogP contribution in [0.3, 0.4) is 0 Å². The molecule has 2 atom stereocenters. The van der Waals surface area contributed by atoms with Crippen molar-refractivity contribution in [3.63, 3.8) is 0 Å². The topological polar surface area (TPSA) is 26.3 Å². The second kappa shape index (κ2) is 4.32. The van der Waals surface area contributed by atoms with Crippen molar-refractivity contribution in [1.82, 2.24) is 0 Å². The number of carbonyl (C=O) groups excluding carboxylic acids is 1. The minimum atomic E-state index is -0.122. The molecule has 17 heavy (non-hydrogen) atoms. The first-order valence-corrected chi connectivity index (χ1v) is 6.51. The Bertz CT molecular complexity index is 388. The van der Waals surface area contributed by atoms with Crippen LogP contribution in [0.4, 0.5) is 0 Å². The van der Waals surface area contributed by atoms with Crippen LogP contribution >= 0.6 is 0 Å². The quantitative estimate of drug-likeness (QED) is 0.540. The Morgan fingerprint density at radius 2 is 2.24 bits per heavy atom. The Labute approximate surface area is 104 Å². The third kappa shape index (κ3) is 2.18. The molecule has 0 N–H and O–H groups in total. The van der Waals surface area contributed by atoms with Crippen LogP contribution in [0.25, 0.3) is 0 Å². The zero-order valence-corrected chi connectivity index (χ0v) is 11.2. The number of fused-ring (bicyclic) bond motifs is 2. The molecule has 0 heterocycles. The normalized spacial score (nSPS) is 30.4. The molecule has 0 saturated carbocycles. The van der Waals surface area contributed by atoms with Crippen molar-refractivity contribution in [1.29, 1.82) is 0 Å². The molecule has 94 valence electrons. The number of carbonyl (C=O) groups is 1. The van der Waals surface area contributed by atoms with E-state index in [1.807, 2.05) is 6.92 Å². The maximum Gasteiger partial charge on any atom is 0.334 e. The first kappa shape index (κ1) is 12.4. The lowest BCUT2D eigenvalue weighted by Gasteiger charge is -2.28. The molecule has 0 aromatic heterocycles. The van der Waals surface area contributed by atoms with Crippen molar-refractivity contribution in [3.05, 3.63) is 23.3 Å². The van der Waals surface area contributed by atoms with Crippen molar-refractivity contribution in [2.75, 3.05) is 6.61 Å². The van der Waals surface area contributed by atoms with E-state index in [9.17, 15) is 4.79 Å². The van der Waals surface area contributed by atoms with Gasteiger partial charge in [0, 0.05) is 11.5 Å². The number of rotatable bonds is 2. The Balaban J connectivity index is 2.31. The van der Waals surface area contributed by atoms with Crippen LogP contribution in [-0.4, -0.2) is 12.6 Å². The highest BCUT2D eigenvalue weighted by atomic mass is 16.5. The Morgan fingerprint density at radius 1 is 1.53 bits per heavy atom. The molecule has 2 aliphatic carbocycles. The third-order valence-electron chi connectivity index (χ3n) is 4.24. The van der Waals surface area contributed by atoms with Gasteiger partial charge in [-0.3, -0.25) is 0 Å². The summed E-state index contributed by atoms with van der Waals surface area (Å²) in [5.74, 6) is 0.764. The van der Waals surface area contributed by atoms with Crippen molar-refractivity contribution >= 4 is 5.97 Å². The Hall–Kier alpha value is -1.05. The molecule has 2 rings (SSSR count). The van der Waals surface area contributed by atoms with E-state index in [4.69, 9.17) is 4.74 Å². The van der Waals surface area contributed by atoms with E-state index in [1.54, 1.807) is 0 Å². The van der Waals surface area contributed by atoms with Crippen LogP contribution in [0.1, 0.15) is 40.5 Å². The maximum absolute atomic E-state index is 12.0. The summed E-state index contributed by atoms with van der Waals surface area (Å²) in [6.07, 6.45) is 6.51. The van der Waals surface area contributed by atoms with E-state index in [0.29, 0.717) is 18.4 Å². The average Bonchev–Trinajstić information content (AvgIpc) is 2.56. The summed E-state index contributed by atoms with van der Waals surface area (Å²) in [6, 6.07) is 0. The number of hydrogen-bond acceptors (Lipinski definition) is 2. The van der Waals surface area contributed by atoms with Gasteiger partial charge in [0.25, 0.3) is 0 Å². The van der Waals surface area contributed by atoms with E-state index < -0.39 is 0 Å². The molecule has 0 spiro atoms. The zero-order chi connectivity index (χ0) is 12.6. The largest absolute Gasteiger partial charge is 0.463 e. The minimum absolute atomic E-state index is 0.122. The lowest BCUT2D eigenvalue weighted by atomic mass is 9.76. The predicted octanol–water partition coefficient (Wildman–Crippen LogP) is 3.49. The summed E-state index contributed by atoms with van der Waals surface area (Å²) in [4.78, 5) is 12.0. The van der Waals surface area contributed by atoms with Crippen LogP contribution in [-0.2, 0) is 9.53 Å². The zero-order valence-electron chi connectivity index (χ0n) is 11.2. The minimum Gasteiger partial charge on any atom is -0.463 e. The first-order valence-electron chi connectivity index (χ1n) is 6.51. The summed E-state index contributed by atoms with van der Waals surface area (Å²) < 4.78 is 5.17. The molecule has 0 aromatic rings. The van der Waals surface area contributed by atoms with Crippen LogP contribution in [0, 0.1) is 17.3 Å². The van der Waals surface area contributed by atoms with Crippen LogP contribution in [0.15, 0.2) is 23.3 Å². The maximum atomic E-state index is 12.0. The van der Waals surface area contributed by atoms with Gasteiger partial charge in [-0.2, -0.15) is 0 Å². The fraction of sp³-hybridized carbons (Fsp3) is 0.667. The van der Waals surface area contributed by atoms with E-state index in [0.717, 1.165) is 18.4 Å². The van der Waals surface area contributed by atoms with Gasteiger partial charge in [-0.15, -0.1) is 0 Å². The van der Waals surface area contributed by atoms with Gasteiger partial charge in [0.2, 0.25) is 0 Å². The highest BCUT2D eigenvalue weighted by Gasteiger charge is 2.40. The standard InChI is InChI=1S/C15H22O2/c1-5-17-14(16)12-6-7-15(3,4)11-8-10(2)13(12)9-11/h6,8,11,13H,5,7,9H2,1-4H3. The number of ether oxygens (including phenoxy) is 1. The van der Waals surface area contributed by atoms with Gasteiger partial charge in [0.15, 0.2) is 0 Å². The van der Waals surface area contributed by atoms with E-state index in [-0.39, 0.29) is 11.4 Å². The van der Waals surface area contributed by atoms with Crippen LogP contribution in [0.5, 0.6) is 0 Å². The highest BCUT2D eigenvalue weighted by Crippen LogP contribution is 2.48. The smallest absolute Gasteiger partial charge is 0.334 e. The van der Waals surface area contributed by atoms with Gasteiger partial charge >= 0.3 is 5.97 Å². The number of hydrogen-bond donors (Lipinski definition) is 0. The lowest BCUT2D eigenvalue weighted by Crippen LogP contribution is -2.19. The molecular formula is C15H22O2. The summed E-state index contributed by atoms with van der Waals surface area (Å²) in [6.45, 7) is 9.03. The Kier molecular flexibility index (Phi) is 3.15. The van der Waals surface area contributed by atoms with Gasteiger partial charge in [-0.05, 0) is 38.0 Å². The molecule has 0 radical (unpaired) electrons. The second-order valence-electron chi connectivity index (χ2n) is 5.88. The molecule has 2 aliphatic rings. The van der Waals surface area contributed by atoms with Crippen LogP contribution < -0.4 is 0 Å². The van der Waals surface area contributed by atoms with E-state index in [1.165, 1.54) is 5.57 Å². The molecular weight excluding hydrogens is 212 g/mol. The fourth-order valence-corrected chi connectivity index (χ4v) is 2.96. The summed E-state index contributed by atoms with van der Waals surface area (Å²) in [5.41, 5.74) is 2.47. The molecule has 2 unspecified atom stereocenters. The van der Waals surface area contributed by atoms with Gasteiger partial charge in [0.05, 0.1) is 6.61 Å². The third-order valence-corrected chi connectivity index (χ3v) is 4.24. The van der Waals surface area contributed by atoms with Gasteiger partial charge in [0.1, 0.15) is 0 Å². The van der Waals surface area contributed by atoms with Crippen LogP contribution in [0.2, 0.25) is 0 Å². The molecule has 0 saturated heterocycles. The van der Waals surface area contributed by atoms with Crippen molar-refractivity contribution in [3.8, 4) is 0 Å². The highest BCUT2D eigenvalue weighted by molar-refractivity contribution is 5.90. The van der Waals surface area contributed by atoms with Crippen molar-refractivity contribution < 1.29 is 9.53 Å². The SMILES string of the molecule is CCOC(=O)C1=CCC(C)(C)C2C=C(C)C1C2. The fourth-order valence-electron chi connectivity index (χ4n) is 2.96.